The summed E-state index contributed by atoms with van der Waals surface area (Å²) in [5, 5.41) is 3.36. The molecule has 0 spiro atoms. The SMILES string of the molecule is C#CCCCC(CCC1CCCO1)NC. The predicted octanol–water partition coefficient (Wildman–Crippen LogP) is 2.34. The number of hydrogen-bond acceptors (Lipinski definition) is 2. The Bertz CT molecular complexity index is 191. The van der Waals surface area contributed by atoms with Gasteiger partial charge in [-0.2, -0.15) is 0 Å². The average Bonchev–Trinajstić information content (AvgIpc) is 2.76. The van der Waals surface area contributed by atoms with E-state index in [-0.39, 0.29) is 0 Å². The summed E-state index contributed by atoms with van der Waals surface area (Å²) in [6.45, 7) is 0.964. The first kappa shape index (κ1) is 12.5. The lowest BCUT2D eigenvalue weighted by molar-refractivity contribution is 0.0995. The summed E-state index contributed by atoms with van der Waals surface area (Å²) < 4.78 is 5.61. The topological polar surface area (TPSA) is 21.3 Å². The molecule has 0 bridgehead atoms. The second kappa shape index (κ2) is 7.73. The van der Waals surface area contributed by atoms with Crippen molar-refractivity contribution in [2.45, 2.75) is 57.1 Å². The summed E-state index contributed by atoms with van der Waals surface area (Å²) in [6.07, 6.45) is 13.9. The van der Waals surface area contributed by atoms with E-state index in [4.69, 9.17) is 11.2 Å². The van der Waals surface area contributed by atoms with Crippen LogP contribution in [0, 0.1) is 12.3 Å². The predicted molar refractivity (Wildman–Crippen MR) is 63.7 cm³/mol. The number of rotatable bonds is 7. The summed E-state index contributed by atoms with van der Waals surface area (Å²) >= 11 is 0. The smallest absolute Gasteiger partial charge is 0.0576 e. The van der Waals surface area contributed by atoms with Gasteiger partial charge in [0.15, 0.2) is 0 Å². The largest absolute Gasteiger partial charge is 0.378 e. The van der Waals surface area contributed by atoms with E-state index in [0.717, 1.165) is 19.4 Å². The fourth-order valence-electron chi connectivity index (χ4n) is 2.14. The minimum absolute atomic E-state index is 0.522. The quantitative estimate of drug-likeness (QED) is 0.513. The third-order valence-corrected chi connectivity index (χ3v) is 3.14. The van der Waals surface area contributed by atoms with Crippen molar-refractivity contribution in [3.63, 3.8) is 0 Å². The minimum Gasteiger partial charge on any atom is -0.378 e. The highest BCUT2D eigenvalue weighted by molar-refractivity contribution is 4.84. The van der Waals surface area contributed by atoms with Crippen molar-refractivity contribution in [1.82, 2.24) is 5.32 Å². The molecule has 2 unspecified atom stereocenters. The molecule has 0 saturated carbocycles. The zero-order chi connectivity index (χ0) is 10.9. The summed E-state index contributed by atoms with van der Waals surface area (Å²) in [6, 6.07) is 0.613. The van der Waals surface area contributed by atoms with Crippen molar-refractivity contribution in [2.75, 3.05) is 13.7 Å². The number of ether oxygens (including phenoxy) is 1. The summed E-state index contributed by atoms with van der Waals surface area (Å²) in [5.41, 5.74) is 0. The molecule has 0 aromatic carbocycles. The fraction of sp³-hybridized carbons (Fsp3) is 0.846. The van der Waals surface area contributed by atoms with Crippen LogP contribution in [-0.4, -0.2) is 25.8 Å². The van der Waals surface area contributed by atoms with Crippen molar-refractivity contribution in [3.05, 3.63) is 0 Å². The molecule has 0 radical (unpaired) electrons. The molecule has 2 heteroatoms. The van der Waals surface area contributed by atoms with Crippen LogP contribution in [0.15, 0.2) is 0 Å². The van der Waals surface area contributed by atoms with Gasteiger partial charge in [-0.15, -0.1) is 12.3 Å². The van der Waals surface area contributed by atoms with Crippen LogP contribution in [0.2, 0.25) is 0 Å². The first-order valence-electron chi connectivity index (χ1n) is 6.09. The second-order valence-electron chi connectivity index (χ2n) is 4.29. The van der Waals surface area contributed by atoms with Crippen LogP contribution >= 0.6 is 0 Å². The highest BCUT2D eigenvalue weighted by Crippen LogP contribution is 2.18. The first-order valence-corrected chi connectivity index (χ1v) is 6.09. The van der Waals surface area contributed by atoms with E-state index < -0.39 is 0 Å². The Morgan fingerprint density at radius 2 is 2.40 bits per heavy atom. The van der Waals surface area contributed by atoms with E-state index in [0.29, 0.717) is 12.1 Å². The molecule has 2 atom stereocenters. The van der Waals surface area contributed by atoms with Gasteiger partial charge in [0.2, 0.25) is 0 Å². The number of nitrogens with one attached hydrogen (secondary N) is 1. The molecular formula is C13H23NO. The van der Waals surface area contributed by atoms with Gasteiger partial charge in [-0.25, -0.2) is 0 Å². The molecular weight excluding hydrogens is 186 g/mol. The van der Waals surface area contributed by atoms with Crippen molar-refractivity contribution in [3.8, 4) is 12.3 Å². The molecule has 0 aliphatic carbocycles. The molecule has 1 aliphatic rings. The van der Waals surface area contributed by atoms with Crippen molar-refractivity contribution < 1.29 is 4.74 Å². The molecule has 15 heavy (non-hydrogen) atoms. The molecule has 1 heterocycles. The van der Waals surface area contributed by atoms with Gasteiger partial charge in [-0.1, -0.05) is 0 Å². The lowest BCUT2D eigenvalue weighted by Crippen LogP contribution is -2.26. The van der Waals surface area contributed by atoms with Gasteiger partial charge in [0, 0.05) is 19.1 Å². The Kier molecular flexibility index (Phi) is 6.47. The van der Waals surface area contributed by atoms with Crippen molar-refractivity contribution in [1.29, 1.82) is 0 Å². The molecule has 1 N–H and O–H groups in total. The Balaban J connectivity index is 2.07. The van der Waals surface area contributed by atoms with Gasteiger partial charge in [0.1, 0.15) is 0 Å². The van der Waals surface area contributed by atoms with Crippen molar-refractivity contribution in [2.24, 2.45) is 0 Å². The van der Waals surface area contributed by atoms with Gasteiger partial charge in [0.25, 0.3) is 0 Å². The van der Waals surface area contributed by atoms with Crippen molar-refractivity contribution >= 4 is 0 Å². The number of unbranched alkanes of at least 4 members (excludes halogenated alkanes) is 1. The maximum Gasteiger partial charge on any atom is 0.0576 e. The van der Waals surface area contributed by atoms with Crippen LogP contribution in [0.25, 0.3) is 0 Å². The van der Waals surface area contributed by atoms with Crippen LogP contribution in [-0.2, 0) is 4.74 Å². The molecule has 86 valence electrons. The molecule has 1 fully saturated rings. The Morgan fingerprint density at radius 1 is 1.53 bits per heavy atom. The average molecular weight is 209 g/mol. The van der Waals surface area contributed by atoms with Crippen LogP contribution in [0.4, 0.5) is 0 Å². The highest BCUT2D eigenvalue weighted by Gasteiger charge is 2.16. The van der Waals surface area contributed by atoms with E-state index >= 15 is 0 Å². The summed E-state index contributed by atoms with van der Waals surface area (Å²) in [4.78, 5) is 0. The zero-order valence-corrected chi connectivity index (χ0v) is 9.80. The van der Waals surface area contributed by atoms with E-state index in [1.807, 2.05) is 7.05 Å². The number of terminal acetylenes is 1. The van der Waals surface area contributed by atoms with Crippen LogP contribution in [0.3, 0.4) is 0 Å². The molecule has 0 aromatic heterocycles. The maximum absolute atomic E-state index is 5.61. The molecule has 2 nitrogen and oxygen atoms in total. The van der Waals surface area contributed by atoms with Gasteiger partial charge >= 0.3 is 0 Å². The van der Waals surface area contributed by atoms with E-state index in [1.165, 1.54) is 32.1 Å². The lowest BCUT2D eigenvalue weighted by Gasteiger charge is -2.17. The molecule has 0 aromatic rings. The molecule has 1 aliphatic heterocycles. The molecule has 1 saturated heterocycles. The van der Waals surface area contributed by atoms with E-state index in [9.17, 15) is 0 Å². The normalized spacial score (nSPS) is 22.5. The Morgan fingerprint density at radius 3 is 3.00 bits per heavy atom. The monoisotopic (exact) mass is 209 g/mol. The van der Waals surface area contributed by atoms with E-state index in [1.54, 1.807) is 0 Å². The Hall–Kier alpha value is -0.520. The lowest BCUT2D eigenvalue weighted by atomic mass is 10.0. The number of hydrogen-bond donors (Lipinski definition) is 1. The van der Waals surface area contributed by atoms with Gasteiger partial charge in [0.05, 0.1) is 6.10 Å². The summed E-state index contributed by atoms with van der Waals surface area (Å²) in [7, 11) is 2.04. The standard InChI is InChI=1S/C13H23NO/c1-3-4-5-7-12(14-2)9-10-13-8-6-11-15-13/h1,12-14H,4-11H2,2H3. The second-order valence-corrected chi connectivity index (χ2v) is 4.29. The zero-order valence-electron chi connectivity index (χ0n) is 9.80. The van der Waals surface area contributed by atoms with Crippen LogP contribution in [0.5, 0.6) is 0 Å². The van der Waals surface area contributed by atoms with Gasteiger partial charge in [-0.3, -0.25) is 0 Å². The first-order chi connectivity index (χ1) is 7.36. The Labute approximate surface area is 93.8 Å². The fourth-order valence-corrected chi connectivity index (χ4v) is 2.14. The molecule has 1 rings (SSSR count). The summed E-state index contributed by atoms with van der Waals surface area (Å²) in [5.74, 6) is 2.69. The van der Waals surface area contributed by atoms with E-state index in [2.05, 4.69) is 11.2 Å². The van der Waals surface area contributed by atoms with Crippen LogP contribution in [0.1, 0.15) is 44.9 Å². The highest BCUT2D eigenvalue weighted by atomic mass is 16.5. The third-order valence-electron chi connectivity index (χ3n) is 3.14. The van der Waals surface area contributed by atoms with Gasteiger partial charge < -0.3 is 10.1 Å². The van der Waals surface area contributed by atoms with Crippen LogP contribution < -0.4 is 5.32 Å². The van der Waals surface area contributed by atoms with Gasteiger partial charge in [-0.05, 0) is 45.6 Å². The third kappa shape index (κ3) is 5.20. The molecule has 0 amide bonds. The maximum atomic E-state index is 5.61. The minimum atomic E-state index is 0.522.